The molecule has 2 aromatic rings. The van der Waals surface area contributed by atoms with Crippen molar-refractivity contribution in [1.82, 2.24) is 4.98 Å². The number of aliphatic carboxylic acids is 1. The zero-order chi connectivity index (χ0) is 31.2. The number of halogens is 6. The van der Waals surface area contributed by atoms with Gasteiger partial charge in [0, 0.05) is 18.8 Å². The summed E-state index contributed by atoms with van der Waals surface area (Å²) in [5, 5.41) is 9.51. The molecule has 0 spiro atoms. The van der Waals surface area contributed by atoms with Crippen molar-refractivity contribution in [3.05, 3.63) is 47.8 Å². The largest absolute Gasteiger partial charge is 0.486 e. The molecule has 16 heteroatoms. The number of benzene rings is 1. The number of fused-ring (bicyclic) bond motifs is 1. The van der Waals surface area contributed by atoms with Crippen LogP contribution in [-0.4, -0.2) is 54.9 Å². The maximum Gasteiger partial charge on any atom is 0.427 e. The van der Waals surface area contributed by atoms with Crippen LogP contribution in [0.3, 0.4) is 0 Å². The van der Waals surface area contributed by atoms with E-state index in [9.17, 15) is 49.5 Å². The molecule has 0 bridgehead atoms. The maximum absolute atomic E-state index is 13.6. The van der Waals surface area contributed by atoms with Crippen molar-refractivity contribution in [2.75, 3.05) is 10.8 Å². The summed E-state index contributed by atoms with van der Waals surface area (Å²) >= 11 is 0. The second-order valence-electron chi connectivity index (χ2n) is 10.5. The Bertz CT molecular complexity index is 1440. The van der Waals surface area contributed by atoms with Gasteiger partial charge in [-0.3, -0.25) is 18.9 Å². The zero-order valence-corrected chi connectivity index (χ0v) is 22.9. The Balaban J connectivity index is 2.05. The molecule has 1 aromatic carbocycles. The van der Waals surface area contributed by atoms with Gasteiger partial charge in [0.1, 0.15) is 16.7 Å². The quantitative estimate of drug-likeness (QED) is 0.327. The fraction of sp³-hybridized carbons (Fsp3) is 0.480. The van der Waals surface area contributed by atoms with Gasteiger partial charge in [0.05, 0.1) is 29.6 Å². The number of carbonyl (C=O) groups excluding carboxylic acids is 1. The van der Waals surface area contributed by atoms with E-state index in [0.29, 0.717) is 36.6 Å². The van der Waals surface area contributed by atoms with Gasteiger partial charge in [0.25, 0.3) is 10.0 Å². The van der Waals surface area contributed by atoms with Gasteiger partial charge in [-0.15, -0.1) is 0 Å². The predicted octanol–water partition coefficient (Wildman–Crippen LogP) is 4.98. The number of sulfonamides is 1. The highest BCUT2D eigenvalue weighted by Gasteiger charge is 2.51. The molecule has 2 heterocycles. The van der Waals surface area contributed by atoms with Gasteiger partial charge in [-0.2, -0.15) is 26.3 Å². The first-order chi connectivity index (χ1) is 18.5. The number of carboxylic acids is 1. The van der Waals surface area contributed by atoms with Crippen molar-refractivity contribution in [3.63, 3.8) is 0 Å². The zero-order valence-electron chi connectivity index (χ0n) is 22.1. The van der Waals surface area contributed by atoms with E-state index in [4.69, 9.17) is 4.74 Å². The van der Waals surface area contributed by atoms with Gasteiger partial charge >= 0.3 is 24.3 Å². The third-order valence-corrected chi connectivity index (χ3v) is 8.05. The van der Waals surface area contributed by atoms with E-state index in [0.717, 1.165) is 6.07 Å². The Hall–Kier alpha value is -3.56. The number of pyridine rings is 1. The highest BCUT2D eigenvalue weighted by Crippen LogP contribution is 2.41. The van der Waals surface area contributed by atoms with Gasteiger partial charge in [0.2, 0.25) is 5.60 Å². The van der Waals surface area contributed by atoms with Crippen LogP contribution in [0.2, 0.25) is 0 Å². The Morgan fingerprint density at radius 1 is 1.07 bits per heavy atom. The summed E-state index contributed by atoms with van der Waals surface area (Å²) in [6.07, 6.45) is -10.6. The lowest BCUT2D eigenvalue weighted by atomic mass is 9.86. The number of anilines is 1. The second kappa shape index (κ2) is 10.7. The topological polar surface area (TPSA) is 123 Å². The molecule has 0 unspecified atom stereocenters. The van der Waals surface area contributed by atoms with Crippen LogP contribution in [-0.2, 0) is 36.9 Å². The van der Waals surface area contributed by atoms with Crippen LogP contribution in [0, 0.1) is 5.41 Å². The average Bonchev–Trinajstić information content (AvgIpc) is 2.81. The Kier molecular flexibility index (Phi) is 8.33. The SMILES string of the molecule is CC(C)(C[C@@H]1CN(S(=O)(=O)c2cncc(C(F)(F)F)c2)c2cc(CC(=O)OC(C)(C)C(F)(F)F)ccc2O1)C(=O)O. The smallest absolute Gasteiger partial charge is 0.427 e. The van der Waals surface area contributed by atoms with Crippen LogP contribution in [0.15, 0.2) is 41.6 Å². The lowest BCUT2D eigenvalue weighted by Crippen LogP contribution is -2.46. The molecule has 1 N–H and O–H groups in total. The molecule has 0 saturated heterocycles. The minimum atomic E-state index is -4.91. The number of hydrogen-bond donors (Lipinski definition) is 1. The summed E-state index contributed by atoms with van der Waals surface area (Å²) in [5.74, 6) is -2.60. The number of rotatable bonds is 8. The van der Waals surface area contributed by atoms with Gasteiger partial charge in [-0.05, 0) is 51.5 Å². The highest BCUT2D eigenvalue weighted by atomic mass is 32.2. The second-order valence-corrected chi connectivity index (χ2v) is 12.4. The minimum absolute atomic E-state index is 0.0157. The molecule has 0 saturated carbocycles. The van der Waals surface area contributed by atoms with Crippen LogP contribution in [0.5, 0.6) is 5.75 Å². The highest BCUT2D eigenvalue weighted by molar-refractivity contribution is 7.92. The summed E-state index contributed by atoms with van der Waals surface area (Å²) in [5.41, 5.74) is -5.74. The van der Waals surface area contributed by atoms with Crippen LogP contribution in [0.1, 0.15) is 45.2 Å². The monoisotopic (exact) mass is 612 g/mol. The summed E-state index contributed by atoms with van der Waals surface area (Å²) < 4.78 is 118. The van der Waals surface area contributed by atoms with Gasteiger partial charge in [0.15, 0.2) is 0 Å². The van der Waals surface area contributed by atoms with E-state index in [-0.39, 0.29) is 23.4 Å². The van der Waals surface area contributed by atoms with Crippen molar-refractivity contribution in [2.24, 2.45) is 5.41 Å². The predicted molar refractivity (Wildman–Crippen MR) is 131 cm³/mol. The average molecular weight is 613 g/mol. The van der Waals surface area contributed by atoms with Crippen LogP contribution >= 0.6 is 0 Å². The van der Waals surface area contributed by atoms with E-state index < -0.39 is 74.9 Å². The molecule has 1 aromatic heterocycles. The van der Waals surface area contributed by atoms with Crippen molar-refractivity contribution < 1.29 is 58.9 Å². The molecule has 0 fully saturated rings. The van der Waals surface area contributed by atoms with Gasteiger partial charge in [-0.1, -0.05) is 6.07 Å². The molecule has 9 nitrogen and oxygen atoms in total. The third kappa shape index (κ3) is 7.02. The van der Waals surface area contributed by atoms with E-state index >= 15 is 0 Å². The van der Waals surface area contributed by atoms with Crippen molar-refractivity contribution >= 4 is 27.6 Å². The molecular formula is C25H26F6N2O7S. The number of ether oxygens (including phenoxy) is 2. The van der Waals surface area contributed by atoms with Crippen LogP contribution < -0.4 is 9.04 Å². The molecule has 0 radical (unpaired) electrons. The van der Waals surface area contributed by atoms with E-state index in [1.54, 1.807) is 0 Å². The first-order valence-corrected chi connectivity index (χ1v) is 13.4. The fourth-order valence-electron chi connectivity index (χ4n) is 3.85. The summed E-state index contributed by atoms with van der Waals surface area (Å²) in [6, 6.07) is 3.99. The normalized spacial score (nSPS) is 16.5. The minimum Gasteiger partial charge on any atom is -0.486 e. The van der Waals surface area contributed by atoms with Gasteiger partial charge in [-0.25, -0.2) is 8.42 Å². The number of carboxylic acid groups (broad SMARTS) is 1. The van der Waals surface area contributed by atoms with Crippen molar-refractivity contribution in [3.8, 4) is 5.75 Å². The number of esters is 1. The van der Waals surface area contributed by atoms with E-state index in [2.05, 4.69) is 9.72 Å². The third-order valence-electron chi connectivity index (χ3n) is 6.30. The van der Waals surface area contributed by atoms with Crippen molar-refractivity contribution in [2.45, 2.75) is 69.5 Å². The first kappa shape index (κ1) is 32.0. The lowest BCUT2D eigenvalue weighted by molar-refractivity contribution is -0.257. The fourth-order valence-corrected chi connectivity index (χ4v) is 5.33. The lowest BCUT2D eigenvalue weighted by Gasteiger charge is -2.37. The Morgan fingerprint density at radius 2 is 1.71 bits per heavy atom. The standard InChI is InChI=1S/C25H26F6N2O7S/c1-22(2,21(35)36)10-16-13-33(41(37,38)17-9-15(11-32-12-17)24(26,27)28)18-7-14(5-6-19(18)39-16)8-20(34)40-23(3,4)25(29,30)31/h5-7,9,11-12,16H,8,10,13H2,1-4H3,(H,35,36)/t16-/m1/s1. The summed E-state index contributed by atoms with van der Waals surface area (Å²) in [7, 11) is -4.78. The number of nitrogens with zero attached hydrogens (tertiary/aromatic N) is 2. The van der Waals surface area contributed by atoms with Crippen molar-refractivity contribution in [1.29, 1.82) is 0 Å². The molecule has 226 valence electrons. The molecule has 1 aliphatic heterocycles. The Morgan fingerprint density at radius 3 is 2.27 bits per heavy atom. The van der Waals surface area contributed by atoms with Crippen LogP contribution in [0.4, 0.5) is 32.0 Å². The summed E-state index contributed by atoms with van der Waals surface area (Å²) in [4.78, 5) is 26.5. The summed E-state index contributed by atoms with van der Waals surface area (Å²) in [6.45, 7) is 3.53. The molecule has 0 amide bonds. The first-order valence-electron chi connectivity index (χ1n) is 11.9. The van der Waals surface area contributed by atoms with E-state index in [1.165, 1.54) is 26.0 Å². The van der Waals surface area contributed by atoms with E-state index in [1.807, 2.05) is 0 Å². The number of hydrogen-bond acceptors (Lipinski definition) is 7. The van der Waals surface area contributed by atoms with Crippen LogP contribution in [0.25, 0.3) is 0 Å². The number of aromatic nitrogens is 1. The number of alkyl halides is 6. The molecule has 41 heavy (non-hydrogen) atoms. The maximum atomic E-state index is 13.6. The molecule has 3 rings (SSSR count). The number of carbonyl (C=O) groups is 2. The molecule has 1 atom stereocenters. The Labute approximate surface area is 231 Å². The molecular weight excluding hydrogens is 586 g/mol. The van der Waals surface area contributed by atoms with Gasteiger partial charge < -0.3 is 14.6 Å². The molecule has 1 aliphatic rings. The molecule has 0 aliphatic carbocycles.